The molecule has 0 saturated carbocycles. The van der Waals surface area contributed by atoms with E-state index in [9.17, 15) is 4.79 Å². The van der Waals surface area contributed by atoms with Gasteiger partial charge in [0.15, 0.2) is 0 Å². The topological polar surface area (TPSA) is 60.0 Å². The van der Waals surface area contributed by atoms with Gasteiger partial charge in [-0.3, -0.25) is 9.05 Å². The van der Waals surface area contributed by atoms with Crippen LogP contribution in [-0.4, -0.2) is 38.2 Å². The van der Waals surface area contributed by atoms with Crippen LogP contribution in [0.4, 0.5) is 10.5 Å². The molecule has 0 bridgehead atoms. The predicted octanol–water partition coefficient (Wildman–Crippen LogP) is 3.46. The Labute approximate surface area is 130 Å². The fraction of sp³-hybridized carbons (Fsp3) is 0.462. The molecule has 1 N–H and O–H groups in total. The van der Waals surface area contributed by atoms with Gasteiger partial charge in [0.05, 0.1) is 13.2 Å². The third-order valence-corrected chi connectivity index (χ3v) is 4.72. The van der Waals surface area contributed by atoms with Crippen LogP contribution in [0.3, 0.4) is 0 Å². The van der Waals surface area contributed by atoms with Crippen molar-refractivity contribution in [3.05, 3.63) is 24.3 Å². The largest absolute Gasteiger partial charge is 0.424 e. The average molecular weight is 332 g/mol. The van der Waals surface area contributed by atoms with E-state index in [1.54, 1.807) is 38.4 Å². The standard InChI is InChI=1S/C13H21N2O4PS/c1-5-17-20(21,18-6-2)19-12-9-7-8-11(10-12)14-13(16)15(3)4/h7-10H,5-6H2,1-4H3,(H,14,16). The summed E-state index contributed by atoms with van der Waals surface area (Å²) in [7, 11) is 3.33. The van der Waals surface area contributed by atoms with Crippen LogP contribution in [0.1, 0.15) is 13.8 Å². The second kappa shape index (κ2) is 8.34. The monoisotopic (exact) mass is 332 g/mol. The van der Waals surface area contributed by atoms with Crippen molar-refractivity contribution < 1.29 is 18.4 Å². The molecule has 118 valence electrons. The fourth-order valence-electron chi connectivity index (χ4n) is 1.40. The van der Waals surface area contributed by atoms with Gasteiger partial charge in [0.2, 0.25) is 0 Å². The number of hydrogen-bond donors (Lipinski definition) is 1. The summed E-state index contributed by atoms with van der Waals surface area (Å²) in [4.78, 5) is 13.1. The van der Waals surface area contributed by atoms with Crippen LogP contribution >= 0.6 is 6.72 Å². The number of amides is 2. The van der Waals surface area contributed by atoms with Crippen molar-refractivity contribution in [1.29, 1.82) is 0 Å². The molecule has 0 radical (unpaired) electrons. The molecule has 1 aromatic rings. The molecule has 0 spiro atoms. The van der Waals surface area contributed by atoms with Gasteiger partial charge in [-0.2, -0.15) is 0 Å². The highest BCUT2D eigenvalue weighted by atomic mass is 32.5. The van der Waals surface area contributed by atoms with Gasteiger partial charge in [0.25, 0.3) is 0 Å². The second-order valence-electron chi connectivity index (χ2n) is 4.23. The lowest BCUT2D eigenvalue weighted by Gasteiger charge is -2.21. The zero-order valence-electron chi connectivity index (χ0n) is 12.7. The predicted molar refractivity (Wildman–Crippen MR) is 87.3 cm³/mol. The Kier molecular flexibility index (Phi) is 7.11. The van der Waals surface area contributed by atoms with Gasteiger partial charge < -0.3 is 14.7 Å². The van der Waals surface area contributed by atoms with Crippen LogP contribution in [0.15, 0.2) is 24.3 Å². The molecule has 0 aliphatic heterocycles. The molecule has 0 fully saturated rings. The van der Waals surface area contributed by atoms with Gasteiger partial charge in [-0.25, -0.2) is 4.79 Å². The first kappa shape index (κ1) is 17.9. The molecule has 0 unspecified atom stereocenters. The number of anilines is 1. The number of carbonyl (C=O) groups is 1. The van der Waals surface area contributed by atoms with Crippen molar-refractivity contribution in [2.75, 3.05) is 32.6 Å². The molecule has 21 heavy (non-hydrogen) atoms. The van der Waals surface area contributed by atoms with Gasteiger partial charge in [-0.05, 0) is 26.0 Å². The average Bonchev–Trinajstić information content (AvgIpc) is 2.39. The van der Waals surface area contributed by atoms with Crippen molar-refractivity contribution in [2.24, 2.45) is 0 Å². The van der Waals surface area contributed by atoms with Crippen LogP contribution in [0.5, 0.6) is 5.75 Å². The zero-order chi connectivity index (χ0) is 15.9. The van der Waals surface area contributed by atoms with Crippen LogP contribution in [-0.2, 0) is 20.9 Å². The third-order valence-electron chi connectivity index (χ3n) is 2.28. The smallest absolute Gasteiger partial charge is 0.380 e. The number of nitrogens with zero attached hydrogens (tertiary/aromatic N) is 1. The lowest BCUT2D eigenvalue weighted by Crippen LogP contribution is -2.27. The first-order valence-corrected chi connectivity index (χ1v) is 9.13. The molecule has 0 heterocycles. The van der Waals surface area contributed by atoms with E-state index in [1.807, 2.05) is 13.8 Å². The molecule has 1 rings (SSSR count). The maximum atomic E-state index is 11.6. The van der Waals surface area contributed by atoms with E-state index in [0.29, 0.717) is 24.7 Å². The van der Waals surface area contributed by atoms with Crippen LogP contribution in [0, 0.1) is 0 Å². The molecule has 0 aliphatic carbocycles. The summed E-state index contributed by atoms with van der Waals surface area (Å²) in [6.45, 7) is 1.68. The SMILES string of the molecule is CCOP(=S)(OCC)Oc1cccc(NC(=O)N(C)C)c1. The number of carbonyl (C=O) groups excluding carboxylic acids is 1. The first-order chi connectivity index (χ1) is 9.90. The molecular formula is C13H21N2O4PS. The third kappa shape index (κ3) is 6.01. The van der Waals surface area contributed by atoms with Crippen molar-refractivity contribution >= 4 is 30.2 Å². The van der Waals surface area contributed by atoms with Gasteiger partial charge in [0, 0.05) is 37.7 Å². The van der Waals surface area contributed by atoms with E-state index in [4.69, 9.17) is 25.4 Å². The quantitative estimate of drug-likeness (QED) is 0.775. The van der Waals surface area contributed by atoms with E-state index in [1.165, 1.54) is 4.90 Å². The zero-order valence-corrected chi connectivity index (χ0v) is 14.4. The highest BCUT2D eigenvalue weighted by molar-refractivity contribution is 8.07. The minimum atomic E-state index is -2.80. The molecule has 2 amide bonds. The first-order valence-electron chi connectivity index (χ1n) is 6.57. The molecule has 0 atom stereocenters. The maximum Gasteiger partial charge on any atom is 0.380 e. The van der Waals surface area contributed by atoms with Crippen molar-refractivity contribution in [1.82, 2.24) is 4.90 Å². The normalized spacial score (nSPS) is 11.0. The van der Waals surface area contributed by atoms with Crippen LogP contribution in [0.25, 0.3) is 0 Å². The molecule has 6 nitrogen and oxygen atoms in total. The highest BCUT2D eigenvalue weighted by Crippen LogP contribution is 2.49. The van der Waals surface area contributed by atoms with Gasteiger partial charge in [0.1, 0.15) is 5.75 Å². The molecular weight excluding hydrogens is 311 g/mol. The molecule has 0 aromatic heterocycles. The van der Waals surface area contributed by atoms with Crippen molar-refractivity contribution in [3.8, 4) is 5.75 Å². The van der Waals surface area contributed by atoms with E-state index in [0.717, 1.165) is 0 Å². The number of urea groups is 1. The lowest BCUT2D eigenvalue weighted by atomic mass is 10.3. The van der Waals surface area contributed by atoms with Crippen molar-refractivity contribution in [2.45, 2.75) is 13.8 Å². The number of nitrogens with one attached hydrogen (secondary N) is 1. The Morgan fingerprint density at radius 3 is 2.43 bits per heavy atom. The summed E-state index contributed by atoms with van der Waals surface area (Å²) >= 11 is 5.30. The van der Waals surface area contributed by atoms with Crippen molar-refractivity contribution in [3.63, 3.8) is 0 Å². The van der Waals surface area contributed by atoms with Crippen LogP contribution < -0.4 is 9.84 Å². The summed E-state index contributed by atoms with van der Waals surface area (Å²) in [5.74, 6) is 0.497. The number of hydrogen-bond acceptors (Lipinski definition) is 5. The van der Waals surface area contributed by atoms with E-state index < -0.39 is 6.72 Å². The number of benzene rings is 1. The Morgan fingerprint density at radius 1 is 1.29 bits per heavy atom. The van der Waals surface area contributed by atoms with E-state index >= 15 is 0 Å². The summed E-state index contributed by atoms with van der Waals surface area (Å²) < 4.78 is 16.5. The molecule has 1 aromatic carbocycles. The fourth-order valence-corrected chi connectivity index (χ4v) is 3.48. The van der Waals surface area contributed by atoms with Crippen LogP contribution in [0.2, 0.25) is 0 Å². The van der Waals surface area contributed by atoms with Gasteiger partial charge in [-0.15, -0.1) is 0 Å². The minimum Gasteiger partial charge on any atom is -0.424 e. The maximum absolute atomic E-state index is 11.6. The Balaban J connectivity index is 2.84. The Morgan fingerprint density at radius 2 is 1.90 bits per heavy atom. The highest BCUT2D eigenvalue weighted by Gasteiger charge is 2.21. The summed E-state index contributed by atoms with van der Waals surface area (Å²) in [5, 5.41) is 2.74. The second-order valence-corrected chi connectivity index (χ2v) is 7.16. The van der Waals surface area contributed by atoms with E-state index in [2.05, 4.69) is 5.32 Å². The number of rotatable bonds is 7. The molecule has 0 saturated heterocycles. The minimum absolute atomic E-state index is 0.221. The van der Waals surface area contributed by atoms with E-state index in [-0.39, 0.29) is 6.03 Å². The molecule has 8 heteroatoms. The Bertz CT molecular complexity index is 515. The summed E-state index contributed by atoms with van der Waals surface area (Å²) in [6, 6.07) is 6.73. The van der Waals surface area contributed by atoms with Gasteiger partial charge >= 0.3 is 12.7 Å². The Hall–Kier alpha value is -1.14. The summed E-state index contributed by atoms with van der Waals surface area (Å²) in [5.41, 5.74) is 0.612. The summed E-state index contributed by atoms with van der Waals surface area (Å²) in [6.07, 6.45) is 0. The molecule has 0 aliphatic rings. The van der Waals surface area contributed by atoms with Gasteiger partial charge in [-0.1, -0.05) is 6.07 Å². The lowest BCUT2D eigenvalue weighted by molar-refractivity contribution is 0.218.